The van der Waals surface area contributed by atoms with Gasteiger partial charge in [-0.2, -0.15) is 0 Å². The molecule has 2 aliphatic rings. The molecule has 0 unspecified atom stereocenters. The molecule has 0 aromatic heterocycles. The highest BCUT2D eigenvalue weighted by atomic mass is 16.5. The van der Waals surface area contributed by atoms with E-state index in [1.54, 1.807) is 0 Å². The van der Waals surface area contributed by atoms with Crippen molar-refractivity contribution in [3.05, 3.63) is 60.2 Å². The van der Waals surface area contributed by atoms with Crippen molar-refractivity contribution in [2.75, 3.05) is 33.3 Å². The fourth-order valence-electron chi connectivity index (χ4n) is 4.69. The first kappa shape index (κ1) is 20.1. The second-order valence-corrected chi connectivity index (χ2v) is 8.32. The van der Waals surface area contributed by atoms with Crippen molar-refractivity contribution >= 4 is 5.91 Å². The molecule has 2 saturated heterocycles. The Balaban J connectivity index is 1.26. The summed E-state index contributed by atoms with van der Waals surface area (Å²) in [5, 5.41) is 0. The number of carbonyl (C=O) groups excluding carboxylic acids is 1. The summed E-state index contributed by atoms with van der Waals surface area (Å²) in [7, 11) is 1.82. The van der Waals surface area contributed by atoms with Crippen LogP contribution in [0.2, 0.25) is 0 Å². The third-order valence-corrected chi connectivity index (χ3v) is 6.56. The van der Waals surface area contributed by atoms with E-state index in [-0.39, 0.29) is 5.91 Å². The molecule has 0 aliphatic carbocycles. The third kappa shape index (κ3) is 5.06. The molecule has 0 N–H and O–H groups in total. The first-order valence-corrected chi connectivity index (χ1v) is 10.9. The number of methoxy groups -OCH3 is 1. The summed E-state index contributed by atoms with van der Waals surface area (Å²) in [5.41, 5.74) is 3.50. The monoisotopic (exact) mass is 392 g/mol. The van der Waals surface area contributed by atoms with Crippen LogP contribution in [0.4, 0.5) is 0 Å². The van der Waals surface area contributed by atoms with Crippen LogP contribution < -0.4 is 0 Å². The normalized spacial score (nSPS) is 19.4. The maximum Gasteiger partial charge on any atom is 0.226 e. The predicted molar refractivity (Wildman–Crippen MR) is 117 cm³/mol. The van der Waals surface area contributed by atoms with E-state index >= 15 is 0 Å². The topological polar surface area (TPSA) is 32.8 Å². The minimum atomic E-state index is 0.258. The van der Waals surface area contributed by atoms with Gasteiger partial charge in [-0.1, -0.05) is 54.6 Å². The summed E-state index contributed by atoms with van der Waals surface area (Å²) in [6.45, 7) is 4.03. The number of amides is 1. The highest BCUT2D eigenvalue weighted by Gasteiger charge is 2.29. The molecule has 0 bridgehead atoms. The SMILES string of the molecule is COC1CCN(C2CCN(C(=O)Cc3ccc(-c4ccccc4)cc3)CC2)CC1. The van der Waals surface area contributed by atoms with E-state index in [9.17, 15) is 4.79 Å². The molecule has 2 aromatic rings. The van der Waals surface area contributed by atoms with Gasteiger partial charge >= 0.3 is 0 Å². The Morgan fingerprint density at radius 3 is 2.10 bits per heavy atom. The first-order valence-electron chi connectivity index (χ1n) is 10.9. The van der Waals surface area contributed by atoms with Crippen LogP contribution in [0.25, 0.3) is 11.1 Å². The molecule has 29 heavy (non-hydrogen) atoms. The van der Waals surface area contributed by atoms with E-state index in [2.05, 4.69) is 58.3 Å². The zero-order valence-electron chi connectivity index (χ0n) is 17.4. The maximum atomic E-state index is 12.8. The largest absolute Gasteiger partial charge is 0.381 e. The van der Waals surface area contributed by atoms with Crippen molar-refractivity contribution in [2.24, 2.45) is 0 Å². The van der Waals surface area contributed by atoms with Gasteiger partial charge in [-0.05, 0) is 42.4 Å². The van der Waals surface area contributed by atoms with Crippen molar-refractivity contribution in [3.8, 4) is 11.1 Å². The number of benzene rings is 2. The molecule has 2 heterocycles. The number of rotatable bonds is 5. The number of carbonyl (C=O) groups is 1. The predicted octanol–water partition coefficient (Wildman–Crippen LogP) is 4.00. The first-order chi connectivity index (χ1) is 14.2. The van der Waals surface area contributed by atoms with Gasteiger partial charge < -0.3 is 14.5 Å². The van der Waals surface area contributed by atoms with Crippen LogP contribution in [0.15, 0.2) is 54.6 Å². The molecule has 4 rings (SSSR count). The zero-order chi connectivity index (χ0) is 20.1. The molecule has 0 spiro atoms. The van der Waals surface area contributed by atoms with E-state index in [4.69, 9.17) is 4.74 Å². The van der Waals surface area contributed by atoms with Crippen molar-refractivity contribution in [3.63, 3.8) is 0 Å². The number of likely N-dealkylation sites (tertiary alicyclic amines) is 2. The number of hydrogen-bond acceptors (Lipinski definition) is 3. The van der Waals surface area contributed by atoms with E-state index < -0.39 is 0 Å². The Bertz CT molecular complexity index is 774. The highest BCUT2D eigenvalue weighted by Crippen LogP contribution is 2.23. The second kappa shape index (κ2) is 9.55. The lowest BCUT2D eigenvalue weighted by Gasteiger charge is -2.41. The smallest absolute Gasteiger partial charge is 0.226 e. The van der Waals surface area contributed by atoms with Crippen LogP contribution in [0.5, 0.6) is 0 Å². The average Bonchev–Trinajstić information content (AvgIpc) is 2.80. The van der Waals surface area contributed by atoms with Gasteiger partial charge in [0.05, 0.1) is 12.5 Å². The fourth-order valence-corrected chi connectivity index (χ4v) is 4.69. The molecule has 4 heteroatoms. The van der Waals surface area contributed by atoms with Gasteiger partial charge in [0.2, 0.25) is 5.91 Å². The summed E-state index contributed by atoms with van der Waals surface area (Å²) in [4.78, 5) is 17.5. The van der Waals surface area contributed by atoms with Crippen LogP contribution in [0, 0.1) is 0 Å². The molecule has 0 atom stereocenters. The molecule has 154 valence electrons. The Labute approximate surface area is 174 Å². The molecular weight excluding hydrogens is 360 g/mol. The number of piperidine rings is 2. The number of ether oxygens (including phenoxy) is 1. The minimum absolute atomic E-state index is 0.258. The second-order valence-electron chi connectivity index (χ2n) is 8.32. The Hall–Kier alpha value is -2.17. The van der Waals surface area contributed by atoms with E-state index in [1.165, 1.54) is 11.1 Å². The summed E-state index contributed by atoms with van der Waals surface area (Å²) in [5.74, 6) is 0.258. The van der Waals surface area contributed by atoms with Gasteiger partial charge in [0.15, 0.2) is 0 Å². The van der Waals surface area contributed by atoms with Gasteiger partial charge in [-0.3, -0.25) is 4.79 Å². The highest BCUT2D eigenvalue weighted by molar-refractivity contribution is 5.79. The lowest BCUT2D eigenvalue weighted by molar-refractivity contribution is -0.132. The summed E-state index contributed by atoms with van der Waals surface area (Å²) in [6, 6.07) is 19.4. The fraction of sp³-hybridized carbons (Fsp3) is 0.480. The Morgan fingerprint density at radius 2 is 1.48 bits per heavy atom. The third-order valence-electron chi connectivity index (χ3n) is 6.56. The van der Waals surface area contributed by atoms with Crippen LogP contribution in [0.1, 0.15) is 31.2 Å². The van der Waals surface area contributed by atoms with Crippen molar-refractivity contribution < 1.29 is 9.53 Å². The summed E-state index contributed by atoms with van der Waals surface area (Å²) in [6.07, 6.45) is 5.38. The van der Waals surface area contributed by atoms with Crippen molar-refractivity contribution in [1.82, 2.24) is 9.80 Å². The molecule has 4 nitrogen and oxygen atoms in total. The lowest BCUT2D eigenvalue weighted by atomic mass is 9.98. The molecule has 0 saturated carbocycles. The van der Waals surface area contributed by atoms with Crippen molar-refractivity contribution in [2.45, 2.75) is 44.2 Å². The van der Waals surface area contributed by atoms with Gasteiger partial charge in [0.25, 0.3) is 0 Å². The van der Waals surface area contributed by atoms with E-state index in [0.29, 0.717) is 18.6 Å². The van der Waals surface area contributed by atoms with Crippen LogP contribution in [0.3, 0.4) is 0 Å². The number of hydrogen-bond donors (Lipinski definition) is 0. The molecular formula is C25H32N2O2. The lowest BCUT2D eigenvalue weighted by Crippen LogP contribution is -2.50. The minimum Gasteiger partial charge on any atom is -0.381 e. The van der Waals surface area contributed by atoms with Gasteiger partial charge in [0.1, 0.15) is 0 Å². The Kier molecular flexibility index (Phi) is 6.63. The molecule has 2 fully saturated rings. The van der Waals surface area contributed by atoms with E-state index in [0.717, 1.165) is 57.4 Å². The zero-order valence-corrected chi connectivity index (χ0v) is 17.4. The van der Waals surface area contributed by atoms with Crippen molar-refractivity contribution in [1.29, 1.82) is 0 Å². The average molecular weight is 393 g/mol. The summed E-state index contributed by atoms with van der Waals surface area (Å²) >= 11 is 0. The van der Waals surface area contributed by atoms with Gasteiger partial charge in [0, 0.05) is 39.3 Å². The van der Waals surface area contributed by atoms with Gasteiger partial charge in [-0.25, -0.2) is 0 Å². The van der Waals surface area contributed by atoms with E-state index in [1.807, 2.05) is 13.2 Å². The van der Waals surface area contributed by atoms with Crippen LogP contribution >= 0.6 is 0 Å². The molecule has 0 radical (unpaired) electrons. The molecule has 2 aromatic carbocycles. The standard InChI is InChI=1S/C25H32N2O2/c1-29-24-13-17-26(18-14-24)23-11-15-27(16-12-23)25(28)19-20-7-9-22(10-8-20)21-5-3-2-4-6-21/h2-10,23-24H,11-19H2,1H3. The van der Waals surface area contributed by atoms with Crippen LogP contribution in [-0.2, 0) is 16.0 Å². The Morgan fingerprint density at radius 1 is 0.862 bits per heavy atom. The molecule has 2 aliphatic heterocycles. The number of nitrogens with zero attached hydrogens (tertiary/aromatic N) is 2. The summed E-state index contributed by atoms with van der Waals surface area (Å²) < 4.78 is 5.48. The van der Waals surface area contributed by atoms with Gasteiger partial charge in [-0.15, -0.1) is 0 Å². The quantitative estimate of drug-likeness (QED) is 0.771. The van der Waals surface area contributed by atoms with Crippen LogP contribution in [-0.4, -0.2) is 61.1 Å². The maximum absolute atomic E-state index is 12.8. The molecule has 1 amide bonds.